The van der Waals surface area contributed by atoms with Crippen molar-refractivity contribution in [3.05, 3.63) is 71.0 Å². The lowest BCUT2D eigenvalue weighted by molar-refractivity contribution is 0.392. The van der Waals surface area contributed by atoms with Crippen molar-refractivity contribution in [1.82, 2.24) is 4.72 Å². The van der Waals surface area contributed by atoms with Crippen molar-refractivity contribution in [2.24, 2.45) is 0 Å². The molecule has 8 heteroatoms. The van der Waals surface area contributed by atoms with E-state index in [1.54, 1.807) is 4.72 Å². The van der Waals surface area contributed by atoms with Gasteiger partial charge in [-0.2, -0.15) is 8.42 Å². The molecule has 0 saturated heterocycles. The second-order valence-corrected chi connectivity index (χ2v) is 7.08. The molecule has 0 amide bonds. The molecule has 2 aromatic carbocycles. The molecule has 0 bridgehead atoms. The van der Waals surface area contributed by atoms with E-state index in [2.05, 4.69) is 0 Å². The summed E-state index contributed by atoms with van der Waals surface area (Å²) < 4.78 is 40.3. The molecule has 0 aliphatic carbocycles. The van der Waals surface area contributed by atoms with Gasteiger partial charge in [0.25, 0.3) is 0 Å². The van der Waals surface area contributed by atoms with Gasteiger partial charge in [-0.1, -0.05) is 29.8 Å². The van der Waals surface area contributed by atoms with Gasteiger partial charge in [-0.15, -0.1) is 0 Å². The minimum Gasteiger partial charge on any atom is -0.506 e. The van der Waals surface area contributed by atoms with Crippen LogP contribution < -0.4 is 9.03 Å². The van der Waals surface area contributed by atoms with E-state index in [0.29, 0.717) is 16.3 Å². The van der Waals surface area contributed by atoms with E-state index in [1.165, 1.54) is 6.07 Å². The Balaban J connectivity index is 1.98. The van der Waals surface area contributed by atoms with Crippen LogP contribution in [0, 0.1) is 12.7 Å². The smallest absolute Gasteiger partial charge is 0.330 e. The number of benzene rings is 2. The molecule has 0 spiro atoms. The molecule has 0 fully saturated rings. The highest BCUT2D eigenvalue weighted by Gasteiger charge is 2.33. The van der Waals surface area contributed by atoms with Crippen LogP contribution in [0.4, 0.5) is 10.1 Å². The van der Waals surface area contributed by atoms with Crippen molar-refractivity contribution in [1.29, 1.82) is 0 Å². The van der Waals surface area contributed by atoms with E-state index in [0.717, 1.165) is 23.4 Å². The molecule has 1 heterocycles. The first-order valence-electron chi connectivity index (χ1n) is 7.06. The van der Waals surface area contributed by atoms with Crippen LogP contribution in [0.15, 0.2) is 48.5 Å². The number of rotatable bonds is 3. The highest BCUT2D eigenvalue weighted by atomic mass is 32.2. The van der Waals surface area contributed by atoms with Crippen LogP contribution in [-0.2, 0) is 16.6 Å². The Bertz CT molecular complexity index is 918. The summed E-state index contributed by atoms with van der Waals surface area (Å²) in [6.45, 7) is 1.94. The average molecular weight is 350 g/mol. The second-order valence-electron chi connectivity index (χ2n) is 5.53. The zero-order chi connectivity index (χ0) is 17.5. The maximum atomic E-state index is 14.4. The molecule has 3 rings (SSSR count). The lowest BCUT2D eigenvalue weighted by Gasteiger charge is -2.17. The monoisotopic (exact) mass is 350 g/mol. The Morgan fingerprint density at radius 1 is 1.17 bits per heavy atom. The van der Waals surface area contributed by atoms with Gasteiger partial charge in [0.1, 0.15) is 11.4 Å². The number of phenols is 1. The van der Waals surface area contributed by atoms with Gasteiger partial charge in [-0.3, -0.25) is 0 Å². The Hall–Kier alpha value is -2.74. The lowest BCUT2D eigenvalue weighted by Crippen LogP contribution is -2.30. The maximum absolute atomic E-state index is 14.4. The van der Waals surface area contributed by atoms with Crippen molar-refractivity contribution in [3.63, 3.8) is 0 Å². The Morgan fingerprint density at radius 3 is 2.50 bits per heavy atom. The van der Waals surface area contributed by atoms with Gasteiger partial charge in [-0.25, -0.2) is 13.4 Å². The van der Waals surface area contributed by atoms with E-state index in [-0.39, 0.29) is 0 Å². The van der Waals surface area contributed by atoms with Gasteiger partial charge in [0.05, 0.1) is 6.20 Å². The summed E-state index contributed by atoms with van der Waals surface area (Å²) >= 11 is 0. The number of hydrogen-bond acceptors (Lipinski definition) is 4. The zero-order valence-electron chi connectivity index (χ0n) is 12.7. The molecule has 0 saturated carbocycles. The Kier molecular flexibility index (Phi) is 3.84. The molecule has 0 radical (unpaired) electrons. The van der Waals surface area contributed by atoms with Gasteiger partial charge < -0.3 is 10.2 Å². The fourth-order valence-corrected chi connectivity index (χ4v) is 3.67. The van der Waals surface area contributed by atoms with Crippen molar-refractivity contribution in [2.45, 2.75) is 13.3 Å². The molecule has 1 aliphatic rings. The lowest BCUT2D eigenvalue weighted by atomic mass is 10.0. The van der Waals surface area contributed by atoms with Crippen LogP contribution in [0.1, 0.15) is 16.7 Å². The van der Waals surface area contributed by atoms with Crippen molar-refractivity contribution < 1.29 is 23.0 Å². The predicted octanol–water partition coefficient (Wildman–Crippen LogP) is 2.44. The fourth-order valence-electron chi connectivity index (χ4n) is 2.59. The van der Waals surface area contributed by atoms with Crippen LogP contribution in [0.5, 0.6) is 5.75 Å². The normalized spacial score (nSPS) is 15.9. The molecule has 126 valence electrons. The van der Waals surface area contributed by atoms with Crippen LogP contribution in [0.2, 0.25) is 0 Å². The number of nitrogens with zero attached hydrogens (tertiary/aromatic N) is 1. The highest BCUT2D eigenvalue weighted by Crippen LogP contribution is 2.35. The number of phenolic OH excluding ortho intramolecular Hbond substituents is 1. The third kappa shape index (κ3) is 3.00. The minimum absolute atomic E-state index is 0.387. The molecular formula is C16H15FN2O4S. The molecule has 3 N–H and O–H groups in total. The second kappa shape index (κ2) is 5.72. The van der Waals surface area contributed by atoms with Crippen LogP contribution in [-0.4, -0.2) is 18.6 Å². The summed E-state index contributed by atoms with van der Waals surface area (Å²) in [5, 5.41) is 19.4. The number of aromatic hydroxyl groups is 1. The van der Waals surface area contributed by atoms with Crippen molar-refractivity contribution in [3.8, 4) is 5.75 Å². The molecule has 6 nitrogen and oxygen atoms in total. The standard InChI is InChI=1S/C16H15FN2O4S/c1-10-3-2-4-11(5-10)6-12-7-13(17)16(14(20)8-12)19-9-15(21)18-24(19,22)23/h2-5,7-9,18,20-21H,6H2,1H3. The topological polar surface area (TPSA) is 89.9 Å². The van der Waals surface area contributed by atoms with E-state index >= 15 is 0 Å². The third-order valence-corrected chi connectivity index (χ3v) is 4.82. The quantitative estimate of drug-likeness (QED) is 0.793. The SMILES string of the molecule is Cc1cccc(Cc2cc(O)c(N3C=C(O)NS3(=O)=O)c(F)c2)c1. The van der Waals surface area contributed by atoms with E-state index in [4.69, 9.17) is 0 Å². The van der Waals surface area contributed by atoms with Gasteiger partial charge in [0.2, 0.25) is 5.88 Å². The summed E-state index contributed by atoms with van der Waals surface area (Å²) in [7, 11) is -4.17. The van der Waals surface area contributed by atoms with Gasteiger partial charge in [0, 0.05) is 0 Å². The first-order chi connectivity index (χ1) is 11.3. The third-order valence-electron chi connectivity index (χ3n) is 3.55. The van der Waals surface area contributed by atoms with Crippen LogP contribution >= 0.6 is 0 Å². The van der Waals surface area contributed by atoms with Crippen molar-refractivity contribution in [2.75, 3.05) is 4.31 Å². The largest absolute Gasteiger partial charge is 0.506 e. The molecule has 0 atom stereocenters. The van der Waals surface area contributed by atoms with Gasteiger partial charge >= 0.3 is 10.2 Å². The van der Waals surface area contributed by atoms with Gasteiger partial charge in [0.15, 0.2) is 5.82 Å². The van der Waals surface area contributed by atoms with Crippen molar-refractivity contribution >= 4 is 15.9 Å². The minimum atomic E-state index is -4.17. The van der Waals surface area contributed by atoms with E-state index in [1.807, 2.05) is 31.2 Å². The number of nitrogens with one attached hydrogen (secondary N) is 1. The first-order valence-corrected chi connectivity index (χ1v) is 8.50. The zero-order valence-corrected chi connectivity index (χ0v) is 13.5. The maximum Gasteiger partial charge on any atom is 0.330 e. The molecule has 0 unspecified atom stereocenters. The summed E-state index contributed by atoms with van der Waals surface area (Å²) in [4.78, 5) is 0. The number of anilines is 1. The summed E-state index contributed by atoms with van der Waals surface area (Å²) in [6.07, 6.45) is 1.17. The number of aryl methyl sites for hydroxylation is 1. The first kappa shape index (κ1) is 16.1. The Morgan fingerprint density at radius 2 is 1.92 bits per heavy atom. The van der Waals surface area contributed by atoms with E-state index in [9.17, 15) is 23.0 Å². The Labute approximate surface area is 138 Å². The molecular weight excluding hydrogens is 335 g/mol. The molecule has 0 aromatic heterocycles. The number of aliphatic hydroxyl groups excluding tert-OH is 1. The van der Waals surface area contributed by atoms with Gasteiger partial charge in [-0.05, 0) is 36.6 Å². The predicted molar refractivity (Wildman–Crippen MR) is 87.3 cm³/mol. The molecule has 2 aromatic rings. The number of halogens is 1. The molecule has 24 heavy (non-hydrogen) atoms. The molecule has 1 aliphatic heterocycles. The number of aliphatic hydroxyl groups is 1. The summed E-state index contributed by atoms with van der Waals surface area (Å²) in [5.41, 5.74) is 1.95. The van der Waals surface area contributed by atoms with E-state index < -0.39 is 33.3 Å². The average Bonchev–Trinajstić information content (AvgIpc) is 2.71. The summed E-state index contributed by atoms with van der Waals surface area (Å²) in [6, 6.07) is 10.1. The fraction of sp³-hybridized carbons (Fsp3) is 0.125. The number of hydrogen-bond donors (Lipinski definition) is 3. The highest BCUT2D eigenvalue weighted by molar-refractivity contribution is 7.91. The van der Waals surface area contributed by atoms with Crippen LogP contribution in [0.3, 0.4) is 0 Å². The summed E-state index contributed by atoms with van der Waals surface area (Å²) in [5.74, 6) is -2.10. The van der Waals surface area contributed by atoms with Crippen LogP contribution in [0.25, 0.3) is 0 Å².